The normalized spacial score (nSPS) is 10.2. The number of hydrogen-bond donors (Lipinski definition) is 2. The second-order valence-corrected chi connectivity index (χ2v) is 7.05. The van der Waals surface area contributed by atoms with Crippen molar-refractivity contribution in [2.75, 3.05) is 26.3 Å². The molecule has 0 atom stereocenters. The number of rotatable bonds is 14. The summed E-state index contributed by atoms with van der Waals surface area (Å²) < 4.78 is 11.4. The first-order valence-corrected chi connectivity index (χ1v) is 10.7. The summed E-state index contributed by atoms with van der Waals surface area (Å²) >= 11 is 0. The summed E-state index contributed by atoms with van der Waals surface area (Å²) in [6, 6.07) is 11.3. The second kappa shape index (κ2) is 13.6. The molecule has 2 amide bonds. The van der Waals surface area contributed by atoms with Crippen LogP contribution in [0.15, 0.2) is 61.7 Å². The third-order valence-corrected chi connectivity index (χ3v) is 4.69. The van der Waals surface area contributed by atoms with Crippen LogP contribution in [-0.2, 0) is 14.3 Å². The lowest BCUT2D eigenvalue weighted by atomic mass is 10.1. The molecule has 2 aromatic rings. The highest BCUT2D eigenvalue weighted by molar-refractivity contribution is 6.01. The van der Waals surface area contributed by atoms with Crippen molar-refractivity contribution in [3.8, 4) is 5.75 Å². The Morgan fingerprint density at radius 2 is 1.44 bits per heavy atom. The molecule has 0 saturated heterocycles. The SMILES string of the molecule is C=CC(=O)NCCCCOC(=O)c1ccc2ccccc2c1OCCCCNC(=O)C=C. The van der Waals surface area contributed by atoms with Gasteiger partial charge in [-0.1, -0.05) is 43.5 Å². The van der Waals surface area contributed by atoms with Crippen LogP contribution in [0.1, 0.15) is 36.0 Å². The van der Waals surface area contributed by atoms with E-state index >= 15 is 0 Å². The van der Waals surface area contributed by atoms with Gasteiger partial charge in [-0.25, -0.2) is 4.79 Å². The lowest BCUT2D eigenvalue weighted by Crippen LogP contribution is -2.22. The summed E-state index contributed by atoms with van der Waals surface area (Å²) in [7, 11) is 0. The van der Waals surface area contributed by atoms with Crippen LogP contribution in [0.5, 0.6) is 5.75 Å². The fourth-order valence-electron chi connectivity index (χ4n) is 3.00. The molecule has 0 aromatic heterocycles. The Labute approximate surface area is 188 Å². The maximum absolute atomic E-state index is 12.7. The van der Waals surface area contributed by atoms with Crippen LogP contribution in [0, 0.1) is 0 Å². The van der Waals surface area contributed by atoms with E-state index in [2.05, 4.69) is 23.8 Å². The minimum Gasteiger partial charge on any atom is -0.492 e. The van der Waals surface area contributed by atoms with Crippen LogP contribution in [0.3, 0.4) is 0 Å². The van der Waals surface area contributed by atoms with Crippen LogP contribution < -0.4 is 15.4 Å². The quantitative estimate of drug-likeness (QED) is 0.267. The Kier molecular flexibility index (Phi) is 10.5. The van der Waals surface area contributed by atoms with E-state index in [-0.39, 0.29) is 18.4 Å². The average Bonchev–Trinajstić information content (AvgIpc) is 2.82. The van der Waals surface area contributed by atoms with Gasteiger partial charge in [0.05, 0.1) is 13.2 Å². The number of carbonyl (C=O) groups is 3. The zero-order valence-corrected chi connectivity index (χ0v) is 18.2. The van der Waals surface area contributed by atoms with E-state index in [0.29, 0.717) is 50.3 Å². The highest BCUT2D eigenvalue weighted by Crippen LogP contribution is 2.30. The van der Waals surface area contributed by atoms with Crippen LogP contribution in [0.25, 0.3) is 10.8 Å². The van der Waals surface area contributed by atoms with E-state index in [9.17, 15) is 14.4 Å². The van der Waals surface area contributed by atoms with Crippen LogP contribution in [-0.4, -0.2) is 44.1 Å². The molecule has 7 heteroatoms. The van der Waals surface area contributed by atoms with Crippen molar-refractivity contribution in [1.82, 2.24) is 10.6 Å². The molecule has 0 spiro atoms. The van der Waals surface area contributed by atoms with E-state index in [1.54, 1.807) is 6.07 Å². The first kappa shape index (κ1) is 24.7. The molecular formula is C25H30N2O5. The molecule has 0 heterocycles. The summed E-state index contributed by atoms with van der Waals surface area (Å²) in [4.78, 5) is 35.0. The highest BCUT2D eigenvalue weighted by Gasteiger charge is 2.17. The fourth-order valence-corrected chi connectivity index (χ4v) is 3.00. The molecule has 0 fully saturated rings. The molecule has 2 aromatic carbocycles. The zero-order valence-electron chi connectivity index (χ0n) is 18.2. The number of unbranched alkanes of at least 4 members (excludes halogenated alkanes) is 2. The molecule has 2 rings (SSSR count). The van der Waals surface area contributed by atoms with Crippen LogP contribution in [0.2, 0.25) is 0 Å². The number of carbonyl (C=O) groups excluding carboxylic acids is 3. The summed E-state index contributed by atoms with van der Waals surface area (Å²) in [6.45, 7) is 8.50. The number of amides is 2. The summed E-state index contributed by atoms with van der Waals surface area (Å²) in [5.41, 5.74) is 0.378. The smallest absolute Gasteiger partial charge is 0.341 e. The molecule has 32 heavy (non-hydrogen) atoms. The van der Waals surface area contributed by atoms with E-state index in [1.165, 1.54) is 12.2 Å². The maximum Gasteiger partial charge on any atom is 0.341 e. The van der Waals surface area contributed by atoms with Gasteiger partial charge < -0.3 is 20.1 Å². The van der Waals surface area contributed by atoms with Gasteiger partial charge in [-0.3, -0.25) is 9.59 Å². The third kappa shape index (κ3) is 7.91. The topological polar surface area (TPSA) is 93.7 Å². The Bertz CT molecular complexity index is 954. The van der Waals surface area contributed by atoms with Crippen molar-refractivity contribution < 1.29 is 23.9 Å². The lowest BCUT2D eigenvalue weighted by molar-refractivity contribution is -0.117. The van der Waals surface area contributed by atoms with Gasteiger partial charge in [0.2, 0.25) is 11.8 Å². The Balaban J connectivity index is 1.93. The first-order chi connectivity index (χ1) is 15.6. The largest absolute Gasteiger partial charge is 0.492 e. The van der Waals surface area contributed by atoms with Gasteiger partial charge in [-0.15, -0.1) is 0 Å². The molecule has 7 nitrogen and oxygen atoms in total. The van der Waals surface area contributed by atoms with Crippen molar-refractivity contribution in [2.45, 2.75) is 25.7 Å². The first-order valence-electron chi connectivity index (χ1n) is 10.7. The van der Waals surface area contributed by atoms with Crippen molar-refractivity contribution in [3.05, 3.63) is 67.3 Å². The van der Waals surface area contributed by atoms with Gasteiger partial charge in [-0.2, -0.15) is 0 Å². The predicted octanol–water partition coefficient (Wildman–Crippen LogP) is 3.54. The van der Waals surface area contributed by atoms with Crippen molar-refractivity contribution in [3.63, 3.8) is 0 Å². The van der Waals surface area contributed by atoms with Gasteiger partial charge in [0.15, 0.2) is 0 Å². The number of hydrogen-bond acceptors (Lipinski definition) is 5. The van der Waals surface area contributed by atoms with Gasteiger partial charge in [0.1, 0.15) is 11.3 Å². The van der Waals surface area contributed by atoms with E-state index < -0.39 is 5.97 Å². The number of benzene rings is 2. The summed E-state index contributed by atoms with van der Waals surface area (Å²) in [5, 5.41) is 7.22. The minimum atomic E-state index is -0.445. The molecule has 0 unspecified atom stereocenters. The van der Waals surface area contributed by atoms with E-state index in [0.717, 1.165) is 17.2 Å². The van der Waals surface area contributed by atoms with Gasteiger partial charge in [0.25, 0.3) is 0 Å². The van der Waals surface area contributed by atoms with Crippen molar-refractivity contribution >= 4 is 28.6 Å². The summed E-state index contributed by atoms with van der Waals surface area (Å²) in [6.07, 6.45) is 5.23. The highest BCUT2D eigenvalue weighted by atomic mass is 16.5. The lowest BCUT2D eigenvalue weighted by Gasteiger charge is -2.14. The average molecular weight is 439 g/mol. The van der Waals surface area contributed by atoms with Crippen LogP contribution >= 0.6 is 0 Å². The van der Waals surface area contributed by atoms with Crippen molar-refractivity contribution in [2.24, 2.45) is 0 Å². The molecule has 0 aliphatic heterocycles. The number of esters is 1. The number of nitrogens with one attached hydrogen (secondary N) is 2. The molecule has 0 radical (unpaired) electrons. The minimum absolute atomic E-state index is 0.201. The fraction of sp³-hybridized carbons (Fsp3) is 0.320. The predicted molar refractivity (Wildman–Crippen MR) is 125 cm³/mol. The summed E-state index contributed by atoms with van der Waals surface area (Å²) in [5.74, 6) is -0.364. The monoisotopic (exact) mass is 438 g/mol. The third-order valence-electron chi connectivity index (χ3n) is 4.69. The van der Waals surface area contributed by atoms with Gasteiger partial charge >= 0.3 is 5.97 Å². The van der Waals surface area contributed by atoms with Gasteiger partial charge in [-0.05, 0) is 49.3 Å². The van der Waals surface area contributed by atoms with E-state index in [1.807, 2.05) is 30.3 Å². The Morgan fingerprint density at radius 3 is 2.09 bits per heavy atom. The number of ether oxygens (including phenoxy) is 2. The van der Waals surface area contributed by atoms with Gasteiger partial charge in [0, 0.05) is 18.5 Å². The maximum atomic E-state index is 12.7. The molecule has 2 N–H and O–H groups in total. The standard InChI is InChI=1S/C25H30N2O5/c1-3-22(28)26-15-7-9-17-31-24-20-12-6-5-11-19(20)13-14-21(24)25(30)32-18-10-8-16-27-23(29)4-2/h3-6,11-14H,1-2,7-10,15-18H2,(H,26,28)(H,27,29). The molecule has 0 bridgehead atoms. The van der Waals surface area contributed by atoms with Crippen molar-refractivity contribution in [1.29, 1.82) is 0 Å². The Hall–Kier alpha value is -3.61. The number of fused-ring (bicyclic) bond motifs is 1. The molecule has 170 valence electrons. The zero-order chi connectivity index (χ0) is 23.2. The molecule has 0 aliphatic carbocycles. The molecule has 0 saturated carbocycles. The Morgan fingerprint density at radius 1 is 0.812 bits per heavy atom. The van der Waals surface area contributed by atoms with Crippen LogP contribution in [0.4, 0.5) is 0 Å². The molecular weight excluding hydrogens is 408 g/mol. The van der Waals surface area contributed by atoms with E-state index in [4.69, 9.17) is 9.47 Å². The second-order valence-electron chi connectivity index (χ2n) is 7.05. The molecule has 0 aliphatic rings.